The van der Waals surface area contributed by atoms with Gasteiger partial charge in [-0.2, -0.15) is 0 Å². The molecule has 0 fully saturated rings. The highest BCUT2D eigenvalue weighted by Crippen LogP contribution is 2.44. The molecule has 7 rings (SSSR count). The quantitative estimate of drug-likeness (QED) is 0.191. The van der Waals surface area contributed by atoms with Crippen LogP contribution in [0.15, 0.2) is 97.1 Å². The van der Waals surface area contributed by atoms with Gasteiger partial charge in [-0.3, -0.25) is 0 Å². The summed E-state index contributed by atoms with van der Waals surface area (Å²) in [5.74, 6) is 0. The summed E-state index contributed by atoms with van der Waals surface area (Å²) >= 11 is 0. The zero-order chi connectivity index (χ0) is 18.2. The van der Waals surface area contributed by atoms with Gasteiger partial charge in [-0.25, -0.2) is 0 Å². The first-order chi connectivity index (χ1) is 13.9. The van der Waals surface area contributed by atoms with Gasteiger partial charge in [-0.15, -0.1) is 0 Å². The van der Waals surface area contributed by atoms with Gasteiger partial charge in [0.15, 0.2) is 0 Å². The Morgan fingerprint density at radius 1 is 0.286 bits per heavy atom. The summed E-state index contributed by atoms with van der Waals surface area (Å²) in [6, 6.07) is 35.8. The SMILES string of the molecule is c1ccc2c(c1)cc1c3ccc4ccccc4c3c3cccc4ccc2c1c43. The van der Waals surface area contributed by atoms with Gasteiger partial charge in [0, 0.05) is 0 Å². The van der Waals surface area contributed by atoms with Crippen LogP contribution >= 0.6 is 0 Å². The average molecular weight is 352 g/mol. The molecule has 0 heterocycles. The van der Waals surface area contributed by atoms with Crippen LogP contribution in [0.25, 0.3) is 64.6 Å². The predicted molar refractivity (Wildman–Crippen MR) is 123 cm³/mol. The van der Waals surface area contributed by atoms with Gasteiger partial charge in [0.1, 0.15) is 0 Å². The third kappa shape index (κ3) is 1.66. The lowest BCUT2D eigenvalue weighted by Gasteiger charge is -2.17. The maximum absolute atomic E-state index is 2.39. The second kappa shape index (κ2) is 4.99. The van der Waals surface area contributed by atoms with Crippen molar-refractivity contribution in [1.82, 2.24) is 0 Å². The molecule has 128 valence electrons. The van der Waals surface area contributed by atoms with Crippen LogP contribution in [-0.2, 0) is 0 Å². The Kier molecular flexibility index (Phi) is 2.57. The molecule has 0 aliphatic heterocycles. The van der Waals surface area contributed by atoms with E-state index in [-0.39, 0.29) is 0 Å². The lowest BCUT2D eigenvalue weighted by molar-refractivity contribution is 1.79. The second-order valence-corrected chi connectivity index (χ2v) is 7.75. The Bertz CT molecular complexity index is 1700. The smallest absolute Gasteiger partial charge is 0.00139 e. The molecule has 0 atom stereocenters. The van der Waals surface area contributed by atoms with Crippen LogP contribution in [0.1, 0.15) is 0 Å². The van der Waals surface area contributed by atoms with Gasteiger partial charge in [-0.1, -0.05) is 91.0 Å². The van der Waals surface area contributed by atoms with Crippen molar-refractivity contribution < 1.29 is 0 Å². The largest absolute Gasteiger partial charge is 0.0616 e. The molecule has 0 unspecified atom stereocenters. The number of rotatable bonds is 0. The molecule has 0 amide bonds. The molecule has 0 spiro atoms. The minimum Gasteiger partial charge on any atom is -0.0616 e. The van der Waals surface area contributed by atoms with E-state index in [9.17, 15) is 0 Å². The van der Waals surface area contributed by atoms with Crippen LogP contribution in [0.3, 0.4) is 0 Å². The molecule has 0 N–H and O–H groups in total. The molecule has 0 aromatic heterocycles. The number of benzene rings is 7. The minimum atomic E-state index is 1.30. The second-order valence-electron chi connectivity index (χ2n) is 7.75. The highest BCUT2D eigenvalue weighted by molar-refractivity contribution is 6.39. The van der Waals surface area contributed by atoms with Crippen LogP contribution in [0.5, 0.6) is 0 Å². The molecule has 0 saturated heterocycles. The van der Waals surface area contributed by atoms with E-state index in [1.807, 2.05) is 0 Å². The maximum Gasteiger partial charge on any atom is -0.00139 e. The normalized spacial score (nSPS) is 12.3. The molecule has 0 bridgehead atoms. The van der Waals surface area contributed by atoms with Crippen molar-refractivity contribution >= 4 is 64.6 Å². The Balaban J connectivity index is 1.94. The summed E-state index contributed by atoms with van der Waals surface area (Å²) in [6.45, 7) is 0. The molecule has 28 heavy (non-hydrogen) atoms. The summed E-state index contributed by atoms with van der Waals surface area (Å²) in [5.41, 5.74) is 0. The first-order valence-corrected chi connectivity index (χ1v) is 9.80. The van der Waals surface area contributed by atoms with E-state index < -0.39 is 0 Å². The van der Waals surface area contributed by atoms with Gasteiger partial charge >= 0.3 is 0 Å². The zero-order valence-electron chi connectivity index (χ0n) is 15.2. The Hall–Kier alpha value is -3.64. The van der Waals surface area contributed by atoms with E-state index in [4.69, 9.17) is 0 Å². The number of hydrogen-bond acceptors (Lipinski definition) is 0. The van der Waals surface area contributed by atoms with E-state index in [0.717, 1.165) is 0 Å². The molecule has 0 heteroatoms. The van der Waals surface area contributed by atoms with Crippen molar-refractivity contribution in [2.75, 3.05) is 0 Å². The Morgan fingerprint density at radius 2 is 0.929 bits per heavy atom. The molecule has 0 aliphatic carbocycles. The van der Waals surface area contributed by atoms with Gasteiger partial charge in [-0.05, 0) is 70.7 Å². The molecule has 0 aliphatic rings. The third-order valence-corrected chi connectivity index (χ3v) is 6.35. The van der Waals surface area contributed by atoms with Gasteiger partial charge in [0.2, 0.25) is 0 Å². The van der Waals surface area contributed by atoms with E-state index in [2.05, 4.69) is 97.1 Å². The summed E-state index contributed by atoms with van der Waals surface area (Å²) in [6.07, 6.45) is 0. The first-order valence-electron chi connectivity index (χ1n) is 9.80. The molecular weight excluding hydrogens is 336 g/mol. The zero-order valence-corrected chi connectivity index (χ0v) is 15.2. The van der Waals surface area contributed by atoms with Crippen LogP contribution in [0, 0.1) is 0 Å². The van der Waals surface area contributed by atoms with Crippen molar-refractivity contribution in [3.63, 3.8) is 0 Å². The fraction of sp³-hybridized carbons (Fsp3) is 0. The van der Waals surface area contributed by atoms with E-state index in [0.29, 0.717) is 0 Å². The highest BCUT2D eigenvalue weighted by Gasteiger charge is 2.16. The van der Waals surface area contributed by atoms with Crippen molar-refractivity contribution in [1.29, 1.82) is 0 Å². The summed E-state index contributed by atoms with van der Waals surface area (Å²) in [4.78, 5) is 0. The predicted octanol–water partition coefficient (Wildman–Crippen LogP) is 8.04. The highest BCUT2D eigenvalue weighted by atomic mass is 14.2. The monoisotopic (exact) mass is 352 g/mol. The maximum atomic E-state index is 2.39. The van der Waals surface area contributed by atoms with Crippen LogP contribution in [-0.4, -0.2) is 0 Å². The van der Waals surface area contributed by atoms with Gasteiger partial charge < -0.3 is 0 Å². The first kappa shape index (κ1) is 14.4. The van der Waals surface area contributed by atoms with Crippen molar-refractivity contribution in [3.8, 4) is 0 Å². The van der Waals surface area contributed by atoms with Crippen molar-refractivity contribution in [2.24, 2.45) is 0 Å². The van der Waals surface area contributed by atoms with Crippen molar-refractivity contribution in [2.45, 2.75) is 0 Å². The molecule has 0 nitrogen and oxygen atoms in total. The topological polar surface area (TPSA) is 0 Å². The Morgan fingerprint density at radius 3 is 1.82 bits per heavy atom. The van der Waals surface area contributed by atoms with E-state index in [1.54, 1.807) is 0 Å². The number of hydrogen-bond donors (Lipinski definition) is 0. The summed E-state index contributed by atoms with van der Waals surface area (Å²) in [5, 5.41) is 16.2. The lowest BCUT2D eigenvalue weighted by atomic mass is 9.86. The fourth-order valence-electron chi connectivity index (χ4n) is 5.19. The molecule has 7 aromatic carbocycles. The van der Waals surface area contributed by atoms with Gasteiger partial charge in [0.05, 0.1) is 0 Å². The third-order valence-electron chi connectivity index (χ3n) is 6.35. The summed E-state index contributed by atoms with van der Waals surface area (Å²) < 4.78 is 0. The van der Waals surface area contributed by atoms with Crippen LogP contribution < -0.4 is 0 Å². The average Bonchev–Trinajstić information content (AvgIpc) is 2.77. The molecule has 0 saturated carbocycles. The molecule has 7 aromatic rings. The van der Waals surface area contributed by atoms with E-state index >= 15 is 0 Å². The molecular formula is C28H16. The Labute approximate surface area is 162 Å². The van der Waals surface area contributed by atoms with Crippen molar-refractivity contribution in [3.05, 3.63) is 97.1 Å². The summed E-state index contributed by atoms with van der Waals surface area (Å²) in [7, 11) is 0. The van der Waals surface area contributed by atoms with E-state index in [1.165, 1.54) is 64.6 Å². The minimum absolute atomic E-state index is 1.30. The lowest BCUT2D eigenvalue weighted by Crippen LogP contribution is -1.89. The fourth-order valence-corrected chi connectivity index (χ4v) is 5.19. The van der Waals surface area contributed by atoms with Crippen LogP contribution in [0.4, 0.5) is 0 Å². The standard InChI is InChI=1S/C28H16/c1-4-10-21-17(6-1)12-14-23-25-16-19-7-2-3-9-20(19)22-15-13-18-8-5-11-24(27(21)23)26(18)28(22)25/h1-16H. The molecule has 0 radical (unpaired) electrons. The number of fused-ring (bicyclic) bond motifs is 7. The van der Waals surface area contributed by atoms with Gasteiger partial charge in [0.25, 0.3) is 0 Å². The van der Waals surface area contributed by atoms with Crippen LogP contribution in [0.2, 0.25) is 0 Å².